The van der Waals surface area contributed by atoms with Crippen LogP contribution in [0.25, 0.3) is 44.5 Å². The van der Waals surface area contributed by atoms with Crippen molar-refractivity contribution in [3.05, 3.63) is 109 Å². The van der Waals surface area contributed by atoms with Crippen LogP contribution in [0.4, 0.5) is 0 Å². The van der Waals surface area contributed by atoms with E-state index in [0.29, 0.717) is 0 Å². The van der Waals surface area contributed by atoms with Gasteiger partial charge in [-0.1, -0.05) is 96.6 Å². The predicted molar refractivity (Wildman–Crippen MR) is 117 cm³/mol. The molecule has 0 bridgehead atoms. The van der Waals surface area contributed by atoms with Crippen molar-refractivity contribution in [2.24, 2.45) is 0 Å². The summed E-state index contributed by atoms with van der Waals surface area (Å²) in [4.78, 5) is 0. The molecule has 1 heteroatoms. The monoisotopic (exact) mass is 360 g/mol. The molecule has 1 nitrogen and oxygen atoms in total. The molecule has 134 valence electrons. The Balaban J connectivity index is 1.72. The maximum absolute atomic E-state index is 6.42. The summed E-state index contributed by atoms with van der Waals surface area (Å²) in [5.74, 6) is 1.80. The lowest BCUT2D eigenvalue weighted by molar-refractivity contribution is 0.598. The molecule has 28 heavy (non-hydrogen) atoms. The summed E-state index contributed by atoms with van der Waals surface area (Å²) in [6.07, 6.45) is 0. The van der Waals surface area contributed by atoms with E-state index in [9.17, 15) is 0 Å². The summed E-state index contributed by atoms with van der Waals surface area (Å²) in [5.41, 5.74) is 5.72. The molecule has 0 saturated heterocycles. The second-order valence-corrected chi connectivity index (χ2v) is 7.15. The Morgan fingerprint density at radius 3 is 2.00 bits per heavy atom. The van der Waals surface area contributed by atoms with Crippen molar-refractivity contribution < 1.29 is 4.42 Å². The number of hydrogen-bond acceptors (Lipinski definition) is 1. The van der Waals surface area contributed by atoms with E-state index in [2.05, 4.69) is 91.9 Å². The van der Waals surface area contributed by atoms with Gasteiger partial charge in [0.05, 0.1) is 0 Å². The van der Waals surface area contributed by atoms with Crippen LogP contribution < -0.4 is 0 Å². The minimum Gasteiger partial charge on any atom is -0.455 e. The zero-order chi connectivity index (χ0) is 18.9. The fourth-order valence-electron chi connectivity index (χ4n) is 3.63. The van der Waals surface area contributed by atoms with E-state index in [-0.39, 0.29) is 0 Å². The summed E-state index contributed by atoms with van der Waals surface area (Å²) in [6, 6.07) is 36.0. The highest BCUT2D eigenvalue weighted by Crippen LogP contribution is 2.39. The molecule has 0 amide bonds. The zero-order valence-electron chi connectivity index (χ0n) is 15.7. The van der Waals surface area contributed by atoms with Crippen molar-refractivity contribution >= 4 is 10.8 Å². The quantitative estimate of drug-likeness (QED) is 0.321. The lowest BCUT2D eigenvalue weighted by Gasteiger charge is -2.05. The molecule has 5 aromatic rings. The van der Waals surface area contributed by atoms with E-state index in [1.807, 2.05) is 18.2 Å². The summed E-state index contributed by atoms with van der Waals surface area (Å²) in [6.45, 7) is 2.11. The third-order valence-electron chi connectivity index (χ3n) is 5.16. The first-order valence-electron chi connectivity index (χ1n) is 9.53. The van der Waals surface area contributed by atoms with Crippen LogP contribution >= 0.6 is 0 Å². The Morgan fingerprint density at radius 1 is 0.536 bits per heavy atom. The molecule has 0 unspecified atom stereocenters. The molecule has 0 N–H and O–H groups in total. The highest BCUT2D eigenvalue weighted by molar-refractivity contribution is 5.90. The Morgan fingerprint density at radius 2 is 1.21 bits per heavy atom. The molecule has 1 aromatic heterocycles. The van der Waals surface area contributed by atoms with Gasteiger partial charge in [0, 0.05) is 16.7 Å². The van der Waals surface area contributed by atoms with Crippen LogP contribution in [-0.2, 0) is 0 Å². The molecule has 1 heterocycles. The summed E-state index contributed by atoms with van der Waals surface area (Å²) in [7, 11) is 0. The normalized spacial score (nSPS) is 11.0. The number of aryl methyl sites for hydroxylation is 1. The fourth-order valence-corrected chi connectivity index (χ4v) is 3.63. The van der Waals surface area contributed by atoms with Gasteiger partial charge >= 0.3 is 0 Å². The molecule has 0 fully saturated rings. The Labute approximate surface area is 164 Å². The maximum atomic E-state index is 6.42. The number of hydrogen-bond donors (Lipinski definition) is 0. The Bertz CT molecular complexity index is 1240. The number of fused-ring (bicyclic) bond motifs is 1. The standard InChI is InChI=1S/C27H20O/c1-19-11-13-21(14-12-19)25-18-26(22-8-3-2-4-9-22)28-27(25)24-16-15-20-7-5-6-10-23(20)17-24/h2-18H,1H3. The van der Waals surface area contributed by atoms with Crippen molar-refractivity contribution in [1.82, 2.24) is 0 Å². The van der Waals surface area contributed by atoms with E-state index in [0.717, 1.165) is 28.2 Å². The first-order valence-corrected chi connectivity index (χ1v) is 9.53. The van der Waals surface area contributed by atoms with Crippen molar-refractivity contribution in [3.63, 3.8) is 0 Å². The molecule has 0 aliphatic heterocycles. The second kappa shape index (κ2) is 6.86. The average molecular weight is 360 g/mol. The Hall–Kier alpha value is -3.58. The van der Waals surface area contributed by atoms with Crippen LogP contribution in [-0.4, -0.2) is 0 Å². The van der Waals surface area contributed by atoms with E-state index < -0.39 is 0 Å². The van der Waals surface area contributed by atoms with Crippen LogP contribution in [0.15, 0.2) is 108 Å². The molecular weight excluding hydrogens is 340 g/mol. The second-order valence-electron chi connectivity index (χ2n) is 7.15. The van der Waals surface area contributed by atoms with Crippen molar-refractivity contribution in [2.75, 3.05) is 0 Å². The predicted octanol–water partition coefficient (Wildman–Crippen LogP) is 7.74. The van der Waals surface area contributed by atoms with Gasteiger partial charge in [-0.15, -0.1) is 0 Å². The molecule has 0 saturated carbocycles. The minimum atomic E-state index is 0.888. The van der Waals surface area contributed by atoms with Crippen LogP contribution in [0.1, 0.15) is 5.56 Å². The third kappa shape index (κ3) is 3.01. The highest BCUT2D eigenvalue weighted by Gasteiger charge is 2.16. The van der Waals surface area contributed by atoms with Gasteiger partial charge in [-0.2, -0.15) is 0 Å². The van der Waals surface area contributed by atoms with Gasteiger partial charge in [0.1, 0.15) is 11.5 Å². The lowest BCUT2D eigenvalue weighted by atomic mass is 9.98. The van der Waals surface area contributed by atoms with Crippen molar-refractivity contribution in [2.45, 2.75) is 6.92 Å². The van der Waals surface area contributed by atoms with Gasteiger partial charge in [-0.05, 0) is 35.4 Å². The van der Waals surface area contributed by atoms with Gasteiger partial charge in [0.2, 0.25) is 0 Å². The Kier molecular flexibility index (Phi) is 4.06. The molecule has 5 rings (SSSR count). The highest BCUT2D eigenvalue weighted by atomic mass is 16.3. The third-order valence-corrected chi connectivity index (χ3v) is 5.16. The zero-order valence-corrected chi connectivity index (χ0v) is 15.7. The van der Waals surface area contributed by atoms with E-state index in [4.69, 9.17) is 4.42 Å². The summed E-state index contributed by atoms with van der Waals surface area (Å²) < 4.78 is 6.42. The molecule has 0 aliphatic carbocycles. The average Bonchev–Trinajstić information content (AvgIpc) is 3.20. The maximum Gasteiger partial charge on any atom is 0.142 e. The van der Waals surface area contributed by atoms with Gasteiger partial charge in [-0.25, -0.2) is 0 Å². The number of rotatable bonds is 3. The van der Waals surface area contributed by atoms with Crippen LogP contribution in [0.2, 0.25) is 0 Å². The summed E-state index contributed by atoms with van der Waals surface area (Å²) in [5, 5.41) is 2.45. The smallest absolute Gasteiger partial charge is 0.142 e. The van der Waals surface area contributed by atoms with Gasteiger partial charge in [-0.3, -0.25) is 0 Å². The molecule has 0 atom stereocenters. The van der Waals surface area contributed by atoms with Crippen molar-refractivity contribution in [1.29, 1.82) is 0 Å². The first kappa shape index (κ1) is 16.6. The number of benzene rings is 4. The molecule has 0 aliphatic rings. The van der Waals surface area contributed by atoms with E-state index in [1.165, 1.54) is 21.9 Å². The fraction of sp³-hybridized carbons (Fsp3) is 0.0370. The first-order chi connectivity index (χ1) is 13.8. The van der Waals surface area contributed by atoms with E-state index >= 15 is 0 Å². The van der Waals surface area contributed by atoms with E-state index in [1.54, 1.807) is 0 Å². The largest absolute Gasteiger partial charge is 0.455 e. The molecule has 0 spiro atoms. The van der Waals surface area contributed by atoms with Crippen LogP contribution in [0, 0.1) is 6.92 Å². The molecule has 0 radical (unpaired) electrons. The van der Waals surface area contributed by atoms with Crippen LogP contribution in [0.3, 0.4) is 0 Å². The SMILES string of the molecule is Cc1ccc(-c2cc(-c3ccccc3)oc2-c2ccc3ccccc3c2)cc1. The molecule has 4 aromatic carbocycles. The van der Waals surface area contributed by atoms with Crippen LogP contribution in [0.5, 0.6) is 0 Å². The topological polar surface area (TPSA) is 13.1 Å². The van der Waals surface area contributed by atoms with Gasteiger partial charge < -0.3 is 4.42 Å². The van der Waals surface area contributed by atoms with Crippen molar-refractivity contribution in [3.8, 4) is 33.8 Å². The minimum absolute atomic E-state index is 0.888. The van der Waals surface area contributed by atoms with Gasteiger partial charge in [0.15, 0.2) is 0 Å². The molecular formula is C27H20O. The summed E-state index contributed by atoms with van der Waals surface area (Å²) >= 11 is 0. The lowest BCUT2D eigenvalue weighted by Crippen LogP contribution is -1.82. The number of furan rings is 1. The van der Waals surface area contributed by atoms with Gasteiger partial charge in [0.25, 0.3) is 0 Å².